The van der Waals surface area contributed by atoms with Gasteiger partial charge in [0.05, 0.1) is 6.67 Å². The highest BCUT2D eigenvalue weighted by Crippen LogP contribution is 2.31. The molecule has 0 N–H and O–H groups in total. The van der Waals surface area contributed by atoms with Crippen molar-refractivity contribution in [3.63, 3.8) is 0 Å². The summed E-state index contributed by atoms with van der Waals surface area (Å²) >= 11 is 0.619. The Hall–Kier alpha value is -0.330. The van der Waals surface area contributed by atoms with E-state index < -0.39 is 37.8 Å². The fraction of sp³-hybridized carbons (Fsp3) is 0.889. The minimum atomic E-state index is -3.86. The van der Waals surface area contributed by atoms with Crippen LogP contribution in [0.15, 0.2) is 0 Å². The topological polar surface area (TPSA) is 17.1 Å². The number of carbonyl (C=O) groups is 1. The van der Waals surface area contributed by atoms with Crippen LogP contribution in [0.3, 0.4) is 0 Å². The molecule has 0 heterocycles. The Morgan fingerprint density at radius 3 is 2.38 bits per heavy atom. The molecular weight excluding hydrogens is 251 g/mol. The number of halogens is 5. The summed E-state index contributed by atoms with van der Waals surface area (Å²) in [5.41, 5.74) is 0. The van der Waals surface area contributed by atoms with Gasteiger partial charge in [-0.2, -0.15) is 0 Å². The molecule has 0 aliphatic rings. The van der Waals surface area contributed by atoms with E-state index in [2.05, 4.69) is 0 Å². The van der Waals surface area contributed by atoms with Crippen molar-refractivity contribution in [2.24, 2.45) is 0 Å². The van der Waals surface area contributed by atoms with Crippen molar-refractivity contribution in [1.82, 2.24) is 0 Å². The van der Waals surface area contributed by atoms with Crippen LogP contribution >= 0.6 is 11.8 Å². The molecule has 0 aromatic rings. The zero-order chi connectivity index (χ0) is 12.8. The number of hydrogen-bond donors (Lipinski definition) is 0. The molecule has 0 aromatic carbocycles. The maximum atomic E-state index is 13.0. The van der Waals surface area contributed by atoms with Crippen LogP contribution in [0.4, 0.5) is 22.0 Å². The van der Waals surface area contributed by atoms with Gasteiger partial charge in [0, 0.05) is 25.5 Å². The summed E-state index contributed by atoms with van der Waals surface area (Å²) in [6, 6.07) is 0. The van der Waals surface area contributed by atoms with Gasteiger partial charge in [-0.15, -0.1) is 0 Å². The lowest BCUT2D eigenvalue weighted by Gasteiger charge is -2.22. The third-order valence-corrected chi connectivity index (χ3v) is 2.66. The summed E-state index contributed by atoms with van der Waals surface area (Å²) in [5, 5.41) is -0.369. The molecule has 0 aliphatic carbocycles. The van der Waals surface area contributed by atoms with Crippen molar-refractivity contribution in [3.8, 4) is 0 Å². The zero-order valence-corrected chi connectivity index (χ0v) is 9.51. The molecule has 0 rings (SSSR count). The van der Waals surface area contributed by atoms with E-state index in [4.69, 9.17) is 0 Å². The molecule has 0 aromatic heterocycles. The lowest BCUT2D eigenvalue weighted by Crippen LogP contribution is -2.38. The normalized spacial score (nSPS) is 15.9. The smallest absolute Gasteiger partial charge is 0.282 e. The van der Waals surface area contributed by atoms with Gasteiger partial charge in [-0.1, -0.05) is 11.8 Å². The van der Waals surface area contributed by atoms with E-state index in [1.807, 2.05) is 0 Å². The van der Waals surface area contributed by atoms with Crippen LogP contribution in [0.2, 0.25) is 0 Å². The van der Waals surface area contributed by atoms with Crippen LogP contribution in [0, 0.1) is 0 Å². The van der Waals surface area contributed by atoms with Crippen LogP contribution in [0.1, 0.15) is 19.8 Å². The van der Waals surface area contributed by atoms with Gasteiger partial charge in [-0.3, -0.25) is 9.18 Å². The van der Waals surface area contributed by atoms with E-state index in [1.54, 1.807) is 0 Å². The standard InChI is InChI=1S/C9H13F5OS/c1-6(15)16-5-3-9(13,14)8(12)7(11)2-4-10/h7-8H,2-5H2,1H3. The predicted molar refractivity (Wildman–Crippen MR) is 53.1 cm³/mol. The zero-order valence-electron chi connectivity index (χ0n) is 8.69. The second-order valence-corrected chi connectivity index (χ2v) is 4.52. The molecule has 0 spiro atoms. The Morgan fingerprint density at radius 2 is 1.94 bits per heavy atom. The first kappa shape index (κ1) is 15.7. The molecule has 1 nitrogen and oxygen atoms in total. The monoisotopic (exact) mass is 264 g/mol. The van der Waals surface area contributed by atoms with Gasteiger partial charge in [0.25, 0.3) is 5.92 Å². The van der Waals surface area contributed by atoms with Crippen molar-refractivity contribution in [2.45, 2.75) is 38.0 Å². The highest BCUT2D eigenvalue weighted by Gasteiger charge is 2.44. The van der Waals surface area contributed by atoms with E-state index in [0.717, 1.165) is 0 Å². The maximum Gasteiger partial charge on any atom is 0.282 e. The Kier molecular flexibility index (Phi) is 6.94. The molecule has 0 aliphatic heterocycles. The fourth-order valence-corrected chi connectivity index (χ4v) is 1.65. The van der Waals surface area contributed by atoms with Gasteiger partial charge in [-0.05, 0) is 0 Å². The molecule has 2 unspecified atom stereocenters. The van der Waals surface area contributed by atoms with Crippen molar-refractivity contribution >= 4 is 16.9 Å². The second kappa shape index (κ2) is 7.09. The van der Waals surface area contributed by atoms with Gasteiger partial charge in [0.2, 0.25) is 0 Å². The summed E-state index contributed by atoms with van der Waals surface area (Å²) < 4.78 is 63.2. The Bertz CT molecular complexity index is 224. The van der Waals surface area contributed by atoms with E-state index >= 15 is 0 Å². The fourth-order valence-electron chi connectivity index (χ4n) is 0.984. The summed E-state index contributed by atoms with van der Waals surface area (Å²) in [6.07, 6.45) is -7.35. The third-order valence-electron chi connectivity index (χ3n) is 1.85. The molecule has 16 heavy (non-hydrogen) atoms. The average molecular weight is 264 g/mol. The summed E-state index contributed by atoms with van der Waals surface area (Å²) in [6.45, 7) is 0.0106. The Balaban J connectivity index is 4.13. The van der Waals surface area contributed by atoms with Gasteiger partial charge < -0.3 is 0 Å². The SMILES string of the molecule is CC(=O)SCCC(F)(F)C(F)C(F)CCF. The van der Waals surface area contributed by atoms with Gasteiger partial charge >= 0.3 is 0 Å². The van der Waals surface area contributed by atoms with Crippen molar-refractivity contribution in [1.29, 1.82) is 0 Å². The van der Waals surface area contributed by atoms with Gasteiger partial charge in [0.1, 0.15) is 6.17 Å². The first-order valence-corrected chi connectivity index (χ1v) is 5.65. The van der Waals surface area contributed by atoms with Gasteiger partial charge in [0.15, 0.2) is 11.3 Å². The first-order chi connectivity index (χ1) is 7.31. The van der Waals surface area contributed by atoms with Crippen molar-refractivity contribution in [2.75, 3.05) is 12.4 Å². The Morgan fingerprint density at radius 1 is 1.38 bits per heavy atom. The van der Waals surface area contributed by atoms with Crippen molar-refractivity contribution in [3.05, 3.63) is 0 Å². The van der Waals surface area contributed by atoms with E-state index in [1.165, 1.54) is 6.92 Å². The van der Waals surface area contributed by atoms with E-state index in [9.17, 15) is 26.7 Å². The van der Waals surface area contributed by atoms with Crippen LogP contribution < -0.4 is 0 Å². The highest BCUT2D eigenvalue weighted by molar-refractivity contribution is 8.13. The number of hydrogen-bond acceptors (Lipinski definition) is 2. The molecule has 0 saturated heterocycles. The summed E-state index contributed by atoms with van der Waals surface area (Å²) in [5.74, 6) is -4.15. The molecule has 0 amide bonds. The number of carbonyl (C=O) groups excluding carboxylic acids is 1. The molecule has 0 bridgehead atoms. The Labute approximate surface area is 94.8 Å². The van der Waals surface area contributed by atoms with Crippen molar-refractivity contribution < 1.29 is 26.7 Å². The summed E-state index contributed by atoms with van der Waals surface area (Å²) in [4.78, 5) is 10.4. The predicted octanol–water partition coefficient (Wildman–Crippen LogP) is 3.33. The van der Waals surface area contributed by atoms with Gasteiger partial charge in [-0.25, -0.2) is 17.6 Å². The average Bonchev–Trinajstić information content (AvgIpc) is 2.16. The minimum absolute atomic E-state index is 0.287. The van der Waals surface area contributed by atoms with E-state index in [-0.39, 0.29) is 10.9 Å². The molecule has 96 valence electrons. The number of thioether (sulfide) groups is 1. The van der Waals surface area contributed by atoms with Crippen LogP contribution in [0.25, 0.3) is 0 Å². The highest BCUT2D eigenvalue weighted by atomic mass is 32.2. The summed E-state index contributed by atoms with van der Waals surface area (Å²) in [7, 11) is 0. The largest absolute Gasteiger partial charge is 0.288 e. The number of rotatable bonds is 7. The lowest BCUT2D eigenvalue weighted by atomic mass is 10.1. The third kappa shape index (κ3) is 5.67. The van der Waals surface area contributed by atoms with Crippen LogP contribution in [-0.2, 0) is 4.79 Å². The van der Waals surface area contributed by atoms with Crippen LogP contribution in [0.5, 0.6) is 0 Å². The lowest BCUT2D eigenvalue weighted by molar-refractivity contribution is -0.109. The first-order valence-electron chi connectivity index (χ1n) is 4.66. The van der Waals surface area contributed by atoms with E-state index in [0.29, 0.717) is 11.8 Å². The quantitative estimate of drug-likeness (QED) is 0.656. The molecular formula is C9H13F5OS. The van der Waals surface area contributed by atoms with Crippen LogP contribution in [-0.4, -0.2) is 35.8 Å². The number of alkyl halides is 5. The molecule has 0 saturated carbocycles. The molecule has 0 radical (unpaired) electrons. The minimum Gasteiger partial charge on any atom is -0.288 e. The molecule has 0 fully saturated rings. The maximum absolute atomic E-state index is 13.0. The second-order valence-electron chi connectivity index (χ2n) is 3.25. The molecule has 2 atom stereocenters. The molecule has 7 heteroatoms.